The van der Waals surface area contributed by atoms with E-state index in [1.54, 1.807) is 0 Å². The number of hydrogen-bond donors (Lipinski definition) is 0. The second kappa shape index (κ2) is 6.86. The van der Waals surface area contributed by atoms with E-state index in [0.29, 0.717) is 6.04 Å². The number of halogens is 1. The molecule has 3 rings (SSSR count). The lowest BCUT2D eigenvalue weighted by Crippen LogP contribution is -2.37. The first kappa shape index (κ1) is 16.4. The van der Waals surface area contributed by atoms with Crippen LogP contribution in [0.4, 0.5) is 11.4 Å². The van der Waals surface area contributed by atoms with E-state index in [1.165, 1.54) is 21.2 Å². The van der Waals surface area contributed by atoms with E-state index in [4.69, 9.17) is 0 Å². The quantitative estimate of drug-likeness (QED) is 0.770. The summed E-state index contributed by atoms with van der Waals surface area (Å²) >= 11 is 1.87. The van der Waals surface area contributed by atoms with Gasteiger partial charge in [0, 0.05) is 22.4 Å². The van der Waals surface area contributed by atoms with E-state index < -0.39 is 0 Å². The van der Waals surface area contributed by atoms with Crippen molar-refractivity contribution in [3.63, 3.8) is 0 Å². The van der Waals surface area contributed by atoms with Crippen LogP contribution in [0.3, 0.4) is 0 Å². The van der Waals surface area contributed by atoms with Gasteiger partial charge in [-0.1, -0.05) is 36.0 Å². The normalized spacial score (nSPS) is 14.2. The minimum atomic E-state index is 0. The second-order valence-corrected chi connectivity index (χ2v) is 6.54. The van der Waals surface area contributed by atoms with Crippen molar-refractivity contribution in [2.75, 3.05) is 25.5 Å². The number of anilines is 2. The van der Waals surface area contributed by atoms with Crippen molar-refractivity contribution < 1.29 is 0 Å². The fourth-order valence-electron chi connectivity index (χ4n) is 2.41. The first-order valence-electron chi connectivity index (χ1n) is 6.96. The number of para-hydroxylation sites is 2. The monoisotopic (exact) mass is 364 g/mol. The second-order valence-electron chi connectivity index (χ2n) is 5.46. The van der Waals surface area contributed by atoms with Crippen molar-refractivity contribution in [3.8, 4) is 0 Å². The topological polar surface area (TPSA) is 6.48 Å². The van der Waals surface area contributed by atoms with E-state index in [0.717, 1.165) is 6.54 Å². The number of hydrogen-bond acceptors (Lipinski definition) is 3. The van der Waals surface area contributed by atoms with Gasteiger partial charge in [0.2, 0.25) is 0 Å². The molecule has 4 heteroatoms. The van der Waals surface area contributed by atoms with Crippen LogP contribution in [0.15, 0.2) is 58.3 Å². The lowest BCUT2D eigenvalue weighted by Gasteiger charge is -2.36. The van der Waals surface area contributed by atoms with Crippen LogP contribution >= 0.6 is 28.7 Å². The Hall–Kier alpha value is -0.970. The smallest absolute Gasteiger partial charge is 0.0553 e. The molecule has 2 nitrogen and oxygen atoms in total. The minimum Gasteiger partial charge on any atom is -0.338 e. The Morgan fingerprint density at radius 2 is 1.43 bits per heavy atom. The highest BCUT2D eigenvalue weighted by molar-refractivity contribution is 8.93. The van der Waals surface area contributed by atoms with E-state index in [2.05, 4.69) is 79.3 Å². The third-order valence-electron chi connectivity index (χ3n) is 3.86. The maximum atomic E-state index is 2.45. The van der Waals surface area contributed by atoms with Gasteiger partial charge in [-0.15, -0.1) is 17.0 Å². The summed E-state index contributed by atoms with van der Waals surface area (Å²) in [4.78, 5) is 7.41. The zero-order valence-corrected chi connectivity index (χ0v) is 15.1. The highest BCUT2D eigenvalue weighted by Gasteiger charge is 2.24. The first-order chi connectivity index (χ1) is 9.66. The van der Waals surface area contributed by atoms with Gasteiger partial charge in [-0.3, -0.25) is 0 Å². The van der Waals surface area contributed by atoms with Crippen molar-refractivity contribution in [1.29, 1.82) is 0 Å². The molecule has 21 heavy (non-hydrogen) atoms. The molecule has 1 heterocycles. The summed E-state index contributed by atoms with van der Waals surface area (Å²) in [7, 11) is 4.28. The fraction of sp³-hybridized carbons (Fsp3) is 0.294. The molecule has 0 fully saturated rings. The number of fused-ring (bicyclic) bond motifs is 2. The molecule has 0 amide bonds. The Labute approximate surface area is 141 Å². The first-order valence-corrected chi connectivity index (χ1v) is 7.78. The average Bonchev–Trinajstić information content (AvgIpc) is 2.46. The van der Waals surface area contributed by atoms with Crippen molar-refractivity contribution in [3.05, 3.63) is 48.5 Å². The summed E-state index contributed by atoms with van der Waals surface area (Å²) in [5, 5.41) is 0. The van der Waals surface area contributed by atoms with E-state index >= 15 is 0 Å². The molecule has 1 aliphatic heterocycles. The summed E-state index contributed by atoms with van der Waals surface area (Å²) < 4.78 is 0. The predicted molar refractivity (Wildman–Crippen MR) is 97.5 cm³/mol. The third-order valence-corrected chi connectivity index (χ3v) is 4.99. The van der Waals surface area contributed by atoms with Crippen LogP contribution < -0.4 is 4.90 Å². The molecule has 0 spiro atoms. The number of rotatable bonds is 3. The maximum Gasteiger partial charge on any atom is 0.0553 e. The van der Waals surface area contributed by atoms with Crippen molar-refractivity contribution in [1.82, 2.24) is 4.90 Å². The number of likely N-dealkylation sites (N-methyl/N-ethyl adjacent to an activating group) is 1. The molecule has 112 valence electrons. The van der Waals surface area contributed by atoms with Crippen LogP contribution in [0.25, 0.3) is 0 Å². The molecule has 0 saturated heterocycles. The van der Waals surface area contributed by atoms with Crippen LogP contribution in [0.2, 0.25) is 0 Å². The summed E-state index contributed by atoms with van der Waals surface area (Å²) in [5.41, 5.74) is 2.65. The zero-order valence-electron chi connectivity index (χ0n) is 12.6. The predicted octanol–water partition coefficient (Wildman–Crippen LogP) is 4.82. The molecule has 0 bridgehead atoms. The molecule has 0 saturated carbocycles. The average molecular weight is 365 g/mol. The molecule has 1 atom stereocenters. The summed E-state index contributed by atoms with van der Waals surface area (Å²) in [6.45, 7) is 3.27. The maximum absolute atomic E-state index is 2.45. The van der Waals surface area contributed by atoms with Gasteiger partial charge in [0.25, 0.3) is 0 Å². The lowest BCUT2D eigenvalue weighted by atomic mass is 10.2. The van der Waals surface area contributed by atoms with Gasteiger partial charge in [0.15, 0.2) is 0 Å². The number of benzene rings is 2. The third kappa shape index (κ3) is 3.28. The van der Waals surface area contributed by atoms with E-state index in [1.807, 2.05) is 11.8 Å². The van der Waals surface area contributed by atoms with E-state index in [9.17, 15) is 0 Å². The Kier molecular flexibility index (Phi) is 5.36. The molecule has 0 aromatic heterocycles. The Balaban J connectivity index is 0.00000161. The van der Waals surface area contributed by atoms with E-state index in [-0.39, 0.29) is 17.0 Å². The fourth-order valence-corrected chi connectivity index (χ4v) is 3.50. The molecule has 2 aromatic carbocycles. The van der Waals surface area contributed by atoms with Crippen molar-refractivity contribution in [2.45, 2.75) is 22.8 Å². The molecular formula is C17H21BrN2S. The highest BCUT2D eigenvalue weighted by atomic mass is 79.9. The molecule has 1 aliphatic rings. The summed E-state index contributed by atoms with van der Waals surface area (Å²) in [5.74, 6) is 0. The van der Waals surface area contributed by atoms with Gasteiger partial charge in [-0.25, -0.2) is 0 Å². The Morgan fingerprint density at radius 1 is 0.952 bits per heavy atom. The molecule has 0 N–H and O–H groups in total. The zero-order chi connectivity index (χ0) is 14.1. The largest absolute Gasteiger partial charge is 0.338 e. The Bertz CT molecular complexity index is 570. The van der Waals surface area contributed by atoms with Gasteiger partial charge >= 0.3 is 0 Å². The van der Waals surface area contributed by atoms with Gasteiger partial charge < -0.3 is 9.80 Å². The number of nitrogens with zero attached hydrogens (tertiary/aromatic N) is 2. The molecule has 0 aliphatic carbocycles. The van der Waals surface area contributed by atoms with Gasteiger partial charge in [0.05, 0.1) is 11.4 Å². The Morgan fingerprint density at radius 3 is 1.90 bits per heavy atom. The van der Waals surface area contributed by atoms with Gasteiger partial charge in [-0.2, -0.15) is 0 Å². The van der Waals surface area contributed by atoms with Crippen LogP contribution in [0.1, 0.15) is 6.92 Å². The molecular weight excluding hydrogens is 344 g/mol. The van der Waals surface area contributed by atoms with Gasteiger partial charge in [-0.05, 0) is 45.3 Å². The van der Waals surface area contributed by atoms with Crippen molar-refractivity contribution in [2.24, 2.45) is 0 Å². The summed E-state index contributed by atoms with van der Waals surface area (Å²) in [6, 6.07) is 17.9. The van der Waals surface area contributed by atoms with Crippen LogP contribution in [0, 0.1) is 0 Å². The summed E-state index contributed by atoms with van der Waals surface area (Å²) in [6.07, 6.45) is 0. The SMILES string of the molecule is Br.CC(CN1c2ccccc2Sc2ccccc21)N(C)C. The lowest BCUT2D eigenvalue weighted by molar-refractivity contribution is 0.319. The standard InChI is InChI=1S/C17H20N2S.BrH/c1-13(18(2)3)12-19-14-8-4-6-10-16(14)20-17-11-7-5-9-15(17)19;/h4-11,13H,12H2,1-3H3;1H. The van der Waals surface area contributed by atoms with Crippen LogP contribution in [-0.4, -0.2) is 31.6 Å². The molecule has 1 unspecified atom stereocenters. The van der Waals surface area contributed by atoms with Crippen LogP contribution in [-0.2, 0) is 0 Å². The minimum absolute atomic E-state index is 0. The molecule has 0 radical (unpaired) electrons. The molecule has 2 aromatic rings. The van der Waals surface area contributed by atoms with Gasteiger partial charge in [0.1, 0.15) is 0 Å². The van der Waals surface area contributed by atoms with Crippen molar-refractivity contribution >= 4 is 40.1 Å². The highest BCUT2D eigenvalue weighted by Crippen LogP contribution is 2.47. The van der Waals surface area contributed by atoms with Crippen LogP contribution in [0.5, 0.6) is 0 Å².